The standard InChI is InChI=1S/C19H22N4/c1-15-12-19-20-10-9-18(23(19)21-15)17-8-5-11-22(14-17)13-16-6-3-2-4-7-16/h2-4,6-7,9-10,12,17H,5,8,11,13-14H2,1H3. The van der Waals surface area contributed by atoms with Crippen molar-refractivity contribution in [3.8, 4) is 0 Å². The van der Waals surface area contributed by atoms with Gasteiger partial charge in [0.2, 0.25) is 0 Å². The predicted molar refractivity (Wildman–Crippen MR) is 91.4 cm³/mol. The number of rotatable bonds is 3. The third-order valence-electron chi connectivity index (χ3n) is 4.68. The third-order valence-corrected chi connectivity index (χ3v) is 4.68. The van der Waals surface area contributed by atoms with Crippen LogP contribution in [0.4, 0.5) is 0 Å². The molecule has 1 aliphatic rings. The van der Waals surface area contributed by atoms with E-state index in [0.29, 0.717) is 5.92 Å². The number of likely N-dealkylation sites (tertiary alicyclic amines) is 1. The van der Waals surface area contributed by atoms with E-state index in [1.807, 2.05) is 23.7 Å². The zero-order chi connectivity index (χ0) is 15.6. The van der Waals surface area contributed by atoms with E-state index in [2.05, 4.69) is 51.4 Å². The Morgan fingerprint density at radius 3 is 2.91 bits per heavy atom. The van der Waals surface area contributed by atoms with Crippen molar-refractivity contribution in [2.24, 2.45) is 0 Å². The normalized spacial score (nSPS) is 19.3. The molecule has 3 aromatic rings. The van der Waals surface area contributed by atoms with Gasteiger partial charge >= 0.3 is 0 Å². The van der Waals surface area contributed by atoms with Crippen LogP contribution < -0.4 is 0 Å². The van der Waals surface area contributed by atoms with Gasteiger partial charge in [-0.25, -0.2) is 9.50 Å². The first kappa shape index (κ1) is 14.4. The lowest BCUT2D eigenvalue weighted by Gasteiger charge is -2.33. The first-order valence-electron chi connectivity index (χ1n) is 8.37. The molecule has 0 radical (unpaired) electrons. The van der Waals surface area contributed by atoms with E-state index in [0.717, 1.165) is 24.4 Å². The van der Waals surface area contributed by atoms with Gasteiger partial charge in [-0.15, -0.1) is 0 Å². The minimum Gasteiger partial charge on any atom is -0.298 e. The molecule has 1 fully saturated rings. The summed E-state index contributed by atoms with van der Waals surface area (Å²) in [5.74, 6) is 0.525. The number of aryl methyl sites for hydroxylation is 1. The van der Waals surface area contributed by atoms with E-state index >= 15 is 0 Å². The lowest BCUT2D eigenvalue weighted by atomic mass is 9.94. The van der Waals surface area contributed by atoms with Gasteiger partial charge in [-0.05, 0) is 37.9 Å². The van der Waals surface area contributed by atoms with Crippen LogP contribution in [0.3, 0.4) is 0 Å². The maximum absolute atomic E-state index is 4.63. The highest BCUT2D eigenvalue weighted by Gasteiger charge is 2.23. The van der Waals surface area contributed by atoms with Gasteiger partial charge in [-0.3, -0.25) is 4.90 Å². The summed E-state index contributed by atoms with van der Waals surface area (Å²) in [5, 5.41) is 4.63. The molecule has 2 aromatic heterocycles. The van der Waals surface area contributed by atoms with Gasteiger partial charge in [0, 0.05) is 31.3 Å². The SMILES string of the molecule is Cc1cc2nccc(C3CCCN(Cc4ccccc4)C3)n2n1. The molecule has 0 N–H and O–H groups in total. The maximum Gasteiger partial charge on any atom is 0.155 e. The summed E-state index contributed by atoms with van der Waals surface area (Å²) in [6, 6.07) is 14.9. The molecule has 4 nitrogen and oxygen atoms in total. The number of piperidine rings is 1. The Bertz CT molecular complexity index is 793. The second-order valence-corrected chi connectivity index (χ2v) is 6.49. The number of fused-ring (bicyclic) bond motifs is 1. The Balaban J connectivity index is 1.56. The molecule has 0 saturated carbocycles. The Morgan fingerprint density at radius 1 is 1.17 bits per heavy atom. The van der Waals surface area contributed by atoms with Crippen molar-refractivity contribution in [1.29, 1.82) is 0 Å². The molecule has 4 heteroatoms. The summed E-state index contributed by atoms with van der Waals surface area (Å²) in [7, 11) is 0. The molecule has 0 spiro atoms. The third kappa shape index (κ3) is 2.99. The van der Waals surface area contributed by atoms with Crippen LogP contribution in [0.2, 0.25) is 0 Å². The van der Waals surface area contributed by atoms with Gasteiger partial charge in [0.1, 0.15) is 0 Å². The Labute approximate surface area is 136 Å². The lowest BCUT2D eigenvalue weighted by Crippen LogP contribution is -2.34. The van der Waals surface area contributed by atoms with Gasteiger partial charge < -0.3 is 0 Å². The van der Waals surface area contributed by atoms with Crippen molar-refractivity contribution in [3.05, 3.63) is 65.6 Å². The summed E-state index contributed by atoms with van der Waals surface area (Å²) in [6.45, 7) is 5.33. The highest BCUT2D eigenvalue weighted by atomic mass is 15.3. The molecule has 118 valence electrons. The molecule has 3 heterocycles. The minimum atomic E-state index is 0.525. The van der Waals surface area contributed by atoms with E-state index in [4.69, 9.17) is 0 Å². The largest absolute Gasteiger partial charge is 0.298 e. The number of aromatic nitrogens is 3. The highest BCUT2D eigenvalue weighted by molar-refractivity contribution is 5.40. The zero-order valence-corrected chi connectivity index (χ0v) is 13.5. The highest BCUT2D eigenvalue weighted by Crippen LogP contribution is 2.27. The zero-order valence-electron chi connectivity index (χ0n) is 13.5. The van der Waals surface area contributed by atoms with Crippen LogP contribution in [-0.2, 0) is 6.54 Å². The topological polar surface area (TPSA) is 33.4 Å². The molecule has 0 amide bonds. The van der Waals surface area contributed by atoms with Gasteiger partial charge in [0.25, 0.3) is 0 Å². The molecule has 1 unspecified atom stereocenters. The fourth-order valence-electron chi connectivity index (χ4n) is 3.62. The van der Waals surface area contributed by atoms with Gasteiger partial charge in [-0.1, -0.05) is 30.3 Å². The van der Waals surface area contributed by atoms with Crippen LogP contribution in [0, 0.1) is 6.92 Å². The van der Waals surface area contributed by atoms with E-state index in [1.165, 1.54) is 30.6 Å². The fourth-order valence-corrected chi connectivity index (χ4v) is 3.62. The van der Waals surface area contributed by atoms with Crippen LogP contribution in [0.5, 0.6) is 0 Å². The van der Waals surface area contributed by atoms with Crippen LogP contribution in [0.25, 0.3) is 5.65 Å². The van der Waals surface area contributed by atoms with Crippen molar-refractivity contribution in [2.45, 2.75) is 32.2 Å². The fraction of sp³-hybridized carbons (Fsp3) is 0.368. The van der Waals surface area contributed by atoms with Gasteiger partial charge in [0.15, 0.2) is 5.65 Å². The lowest BCUT2D eigenvalue weighted by molar-refractivity contribution is 0.197. The molecular formula is C19H22N4. The maximum atomic E-state index is 4.63. The molecule has 23 heavy (non-hydrogen) atoms. The van der Waals surface area contributed by atoms with Crippen molar-refractivity contribution < 1.29 is 0 Å². The van der Waals surface area contributed by atoms with E-state index in [1.54, 1.807) is 0 Å². The van der Waals surface area contributed by atoms with Crippen LogP contribution in [0.1, 0.15) is 35.7 Å². The average Bonchev–Trinajstić information content (AvgIpc) is 2.96. The average molecular weight is 306 g/mol. The molecule has 1 aliphatic heterocycles. The predicted octanol–water partition coefficient (Wildman–Crippen LogP) is 3.42. The first-order chi connectivity index (χ1) is 11.3. The molecule has 4 rings (SSSR count). The number of benzene rings is 1. The van der Waals surface area contributed by atoms with E-state index in [-0.39, 0.29) is 0 Å². The van der Waals surface area contributed by atoms with Crippen molar-refractivity contribution in [2.75, 3.05) is 13.1 Å². The Morgan fingerprint density at radius 2 is 2.04 bits per heavy atom. The monoisotopic (exact) mass is 306 g/mol. The summed E-state index contributed by atoms with van der Waals surface area (Å²) < 4.78 is 2.03. The Hall–Kier alpha value is -2.20. The minimum absolute atomic E-state index is 0.525. The number of nitrogens with zero attached hydrogens (tertiary/aromatic N) is 4. The van der Waals surface area contributed by atoms with Crippen LogP contribution in [0.15, 0.2) is 48.7 Å². The van der Waals surface area contributed by atoms with Crippen molar-refractivity contribution in [3.63, 3.8) is 0 Å². The molecule has 0 aliphatic carbocycles. The summed E-state index contributed by atoms with van der Waals surface area (Å²) in [4.78, 5) is 6.99. The quantitative estimate of drug-likeness (QED) is 0.743. The molecule has 0 bridgehead atoms. The van der Waals surface area contributed by atoms with E-state index < -0.39 is 0 Å². The van der Waals surface area contributed by atoms with Gasteiger partial charge in [-0.2, -0.15) is 5.10 Å². The summed E-state index contributed by atoms with van der Waals surface area (Å²) in [5.41, 5.74) is 4.67. The van der Waals surface area contributed by atoms with Crippen LogP contribution >= 0.6 is 0 Å². The molecule has 1 atom stereocenters. The number of hydrogen-bond acceptors (Lipinski definition) is 3. The summed E-state index contributed by atoms with van der Waals surface area (Å²) >= 11 is 0. The first-order valence-corrected chi connectivity index (χ1v) is 8.37. The molecule has 1 aromatic carbocycles. The van der Waals surface area contributed by atoms with Crippen molar-refractivity contribution >= 4 is 5.65 Å². The molecule has 1 saturated heterocycles. The number of hydrogen-bond donors (Lipinski definition) is 0. The Kier molecular flexibility index (Phi) is 3.83. The summed E-state index contributed by atoms with van der Waals surface area (Å²) in [6.07, 6.45) is 4.38. The van der Waals surface area contributed by atoms with Crippen LogP contribution in [-0.4, -0.2) is 32.6 Å². The molecular weight excluding hydrogens is 284 g/mol. The van der Waals surface area contributed by atoms with Gasteiger partial charge in [0.05, 0.1) is 11.4 Å². The van der Waals surface area contributed by atoms with Crippen molar-refractivity contribution in [1.82, 2.24) is 19.5 Å². The second-order valence-electron chi connectivity index (χ2n) is 6.49. The smallest absolute Gasteiger partial charge is 0.155 e. The second kappa shape index (κ2) is 6.13. The van der Waals surface area contributed by atoms with E-state index in [9.17, 15) is 0 Å².